The van der Waals surface area contributed by atoms with Gasteiger partial charge in [0.2, 0.25) is 0 Å². The van der Waals surface area contributed by atoms with Crippen LogP contribution < -0.4 is 10.6 Å². The molecule has 0 unspecified atom stereocenters. The topological polar surface area (TPSA) is 84.5 Å². The highest BCUT2D eigenvalue weighted by Gasteiger charge is 2.28. The summed E-state index contributed by atoms with van der Waals surface area (Å²) >= 11 is 7.44. The van der Waals surface area contributed by atoms with Gasteiger partial charge in [-0.1, -0.05) is 44.4 Å². The Labute approximate surface area is 185 Å². The molecule has 3 atom stereocenters. The average molecular weight is 449 g/mol. The highest BCUT2D eigenvalue weighted by Crippen LogP contribution is 2.29. The van der Waals surface area contributed by atoms with E-state index in [1.807, 2.05) is 0 Å². The molecule has 2 amide bonds. The minimum absolute atomic E-state index is 0.106. The molecule has 1 saturated carbocycles. The van der Waals surface area contributed by atoms with E-state index in [9.17, 15) is 14.4 Å². The van der Waals surface area contributed by atoms with Crippen molar-refractivity contribution in [3.8, 4) is 0 Å². The largest absolute Gasteiger partial charge is 0.452 e. The van der Waals surface area contributed by atoms with Gasteiger partial charge >= 0.3 is 5.97 Å². The van der Waals surface area contributed by atoms with Crippen LogP contribution in [0.2, 0.25) is 5.02 Å². The van der Waals surface area contributed by atoms with E-state index < -0.39 is 5.97 Å². The number of hydrogen-bond acceptors (Lipinski definition) is 5. The van der Waals surface area contributed by atoms with Crippen molar-refractivity contribution in [1.29, 1.82) is 0 Å². The molecule has 6 nitrogen and oxygen atoms in total. The monoisotopic (exact) mass is 448 g/mol. The molecule has 1 aromatic carbocycles. The van der Waals surface area contributed by atoms with Crippen LogP contribution in [0.25, 0.3) is 0 Å². The summed E-state index contributed by atoms with van der Waals surface area (Å²) in [6, 6.07) is 8.02. The third kappa shape index (κ3) is 5.61. The molecular formula is C22H25ClN2O4S. The van der Waals surface area contributed by atoms with Crippen LogP contribution in [0, 0.1) is 11.8 Å². The second-order valence-corrected chi connectivity index (χ2v) is 9.00. The predicted octanol–water partition coefficient (Wildman–Crippen LogP) is 4.75. The van der Waals surface area contributed by atoms with Crippen molar-refractivity contribution in [3.05, 3.63) is 51.2 Å². The molecule has 160 valence electrons. The molecule has 1 aliphatic rings. The normalized spacial score (nSPS) is 21.0. The number of hydrogen-bond donors (Lipinski definition) is 2. The van der Waals surface area contributed by atoms with E-state index in [2.05, 4.69) is 24.5 Å². The lowest BCUT2D eigenvalue weighted by atomic mass is 9.78. The first kappa shape index (κ1) is 22.3. The number of thiophene rings is 1. The maximum Gasteiger partial charge on any atom is 0.338 e. The second-order valence-electron chi connectivity index (χ2n) is 7.64. The highest BCUT2D eigenvalue weighted by atomic mass is 35.5. The molecular weight excluding hydrogens is 424 g/mol. The van der Waals surface area contributed by atoms with Gasteiger partial charge in [-0.2, -0.15) is 0 Å². The van der Waals surface area contributed by atoms with Crippen molar-refractivity contribution in [1.82, 2.24) is 5.32 Å². The molecule has 8 heteroatoms. The Morgan fingerprint density at radius 3 is 2.73 bits per heavy atom. The zero-order chi connectivity index (χ0) is 21.7. The summed E-state index contributed by atoms with van der Waals surface area (Å²) in [5.41, 5.74) is 0.507. The minimum Gasteiger partial charge on any atom is -0.452 e. The fourth-order valence-electron chi connectivity index (χ4n) is 3.59. The number of carbonyl (C=O) groups excluding carboxylic acids is 3. The zero-order valence-electron chi connectivity index (χ0n) is 16.9. The van der Waals surface area contributed by atoms with Crippen molar-refractivity contribution in [2.75, 3.05) is 11.9 Å². The number of halogens is 1. The zero-order valence-corrected chi connectivity index (χ0v) is 18.5. The van der Waals surface area contributed by atoms with Gasteiger partial charge in [-0.3, -0.25) is 9.59 Å². The molecule has 0 aliphatic heterocycles. The molecule has 30 heavy (non-hydrogen) atoms. The summed E-state index contributed by atoms with van der Waals surface area (Å²) < 4.78 is 5.16. The van der Waals surface area contributed by atoms with Crippen LogP contribution in [-0.4, -0.2) is 30.4 Å². The van der Waals surface area contributed by atoms with Crippen LogP contribution in [0.5, 0.6) is 0 Å². The third-order valence-corrected chi connectivity index (χ3v) is 6.78. The number of esters is 1. The molecule has 1 aliphatic carbocycles. The molecule has 2 aromatic rings. The Hall–Kier alpha value is -2.38. The molecule has 0 radical (unpaired) electrons. The number of benzene rings is 1. The summed E-state index contributed by atoms with van der Waals surface area (Å²) in [5, 5.41) is 7.76. The van der Waals surface area contributed by atoms with Gasteiger partial charge in [0.15, 0.2) is 6.61 Å². The van der Waals surface area contributed by atoms with Gasteiger partial charge in [0.05, 0.1) is 21.2 Å². The number of carbonyl (C=O) groups is 3. The lowest BCUT2D eigenvalue weighted by Crippen LogP contribution is -2.45. The van der Waals surface area contributed by atoms with E-state index in [0.717, 1.165) is 12.8 Å². The Morgan fingerprint density at radius 1 is 1.20 bits per heavy atom. The van der Waals surface area contributed by atoms with E-state index in [0.29, 0.717) is 27.4 Å². The standard InChI is InChI=1S/C22H25ClN2O4S/c1-13-5-3-6-17(14(13)2)24-20(26)12-29-22(28)15-8-9-16(23)18(11-15)25-21(27)19-7-4-10-30-19/h4,7-11,13-14,17H,3,5-6,12H2,1-2H3,(H,24,26)(H,25,27)/t13-,14-,17-/m1/s1. The molecule has 2 N–H and O–H groups in total. The van der Waals surface area contributed by atoms with E-state index in [-0.39, 0.29) is 30.0 Å². The first-order valence-electron chi connectivity index (χ1n) is 9.96. The van der Waals surface area contributed by atoms with E-state index in [4.69, 9.17) is 16.3 Å². The molecule has 1 heterocycles. The summed E-state index contributed by atoms with van der Waals surface area (Å²) in [4.78, 5) is 37.4. The molecule has 1 fully saturated rings. The SMILES string of the molecule is C[C@@H]1[C@H](C)CCC[C@H]1NC(=O)COC(=O)c1ccc(Cl)c(NC(=O)c2cccs2)c1. The maximum atomic E-state index is 12.4. The summed E-state index contributed by atoms with van der Waals surface area (Å²) in [5.74, 6) is -0.326. The fourth-order valence-corrected chi connectivity index (χ4v) is 4.37. The molecule has 0 spiro atoms. The lowest BCUT2D eigenvalue weighted by molar-refractivity contribution is -0.125. The van der Waals surface area contributed by atoms with Crippen LogP contribution >= 0.6 is 22.9 Å². The van der Waals surface area contributed by atoms with Crippen molar-refractivity contribution >= 4 is 46.4 Å². The van der Waals surface area contributed by atoms with Gasteiger partial charge in [0, 0.05) is 6.04 Å². The van der Waals surface area contributed by atoms with Crippen molar-refractivity contribution in [3.63, 3.8) is 0 Å². The summed E-state index contributed by atoms with van der Waals surface area (Å²) in [7, 11) is 0. The quantitative estimate of drug-likeness (QED) is 0.624. The number of amides is 2. The third-order valence-electron chi connectivity index (χ3n) is 5.58. The van der Waals surface area contributed by atoms with Gasteiger partial charge in [-0.05, 0) is 47.9 Å². The Bertz CT molecular complexity index is 916. The van der Waals surface area contributed by atoms with Crippen LogP contribution in [0.1, 0.15) is 53.1 Å². The molecule has 0 saturated heterocycles. The van der Waals surface area contributed by atoms with E-state index in [1.165, 1.54) is 36.0 Å². The van der Waals surface area contributed by atoms with Crippen LogP contribution in [0.15, 0.2) is 35.7 Å². The average Bonchev–Trinajstić information content (AvgIpc) is 3.26. The maximum absolute atomic E-state index is 12.4. The van der Waals surface area contributed by atoms with Gasteiger partial charge in [-0.25, -0.2) is 4.79 Å². The van der Waals surface area contributed by atoms with Crippen molar-refractivity contribution < 1.29 is 19.1 Å². The van der Waals surface area contributed by atoms with Crippen molar-refractivity contribution in [2.24, 2.45) is 11.8 Å². The van der Waals surface area contributed by atoms with Gasteiger partial charge in [-0.15, -0.1) is 11.3 Å². The number of anilines is 1. The second kappa shape index (κ2) is 10.1. The molecule has 3 rings (SSSR count). The summed E-state index contributed by atoms with van der Waals surface area (Å²) in [6.07, 6.45) is 3.20. The smallest absolute Gasteiger partial charge is 0.338 e. The number of rotatable bonds is 6. The first-order valence-corrected chi connectivity index (χ1v) is 11.2. The number of nitrogens with one attached hydrogen (secondary N) is 2. The van der Waals surface area contributed by atoms with Gasteiger partial charge < -0.3 is 15.4 Å². The Kier molecular flexibility index (Phi) is 7.50. The highest BCUT2D eigenvalue weighted by molar-refractivity contribution is 7.12. The van der Waals surface area contributed by atoms with E-state index >= 15 is 0 Å². The lowest BCUT2D eigenvalue weighted by Gasteiger charge is -2.34. The number of ether oxygens (including phenoxy) is 1. The van der Waals surface area contributed by atoms with Crippen molar-refractivity contribution in [2.45, 2.75) is 39.2 Å². The van der Waals surface area contributed by atoms with E-state index in [1.54, 1.807) is 17.5 Å². The molecule has 0 bridgehead atoms. The summed E-state index contributed by atoms with van der Waals surface area (Å²) in [6.45, 7) is 3.98. The predicted molar refractivity (Wildman–Crippen MR) is 118 cm³/mol. The fraction of sp³-hybridized carbons (Fsp3) is 0.409. The van der Waals surface area contributed by atoms with Crippen LogP contribution in [0.4, 0.5) is 5.69 Å². The molecule has 1 aromatic heterocycles. The Morgan fingerprint density at radius 2 is 2.00 bits per heavy atom. The van der Waals surface area contributed by atoms with Gasteiger partial charge in [0.1, 0.15) is 0 Å². The van der Waals surface area contributed by atoms with Crippen LogP contribution in [-0.2, 0) is 9.53 Å². The Balaban J connectivity index is 1.56. The van der Waals surface area contributed by atoms with Gasteiger partial charge in [0.25, 0.3) is 11.8 Å². The van der Waals surface area contributed by atoms with Crippen LogP contribution in [0.3, 0.4) is 0 Å². The first-order chi connectivity index (χ1) is 14.3. The minimum atomic E-state index is -0.654.